The second kappa shape index (κ2) is 6.31. The minimum atomic E-state index is -1.38. The van der Waals surface area contributed by atoms with Gasteiger partial charge >= 0.3 is 14.1 Å². The van der Waals surface area contributed by atoms with Crippen molar-refractivity contribution in [2.24, 2.45) is 0 Å². The second-order valence-electron chi connectivity index (χ2n) is 5.54. The van der Waals surface area contributed by atoms with Crippen LogP contribution in [0.2, 0.25) is 0 Å². The fraction of sp³-hybridized carbons (Fsp3) is 0.100. The third-order valence-electron chi connectivity index (χ3n) is 4.22. The average Bonchev–Trinajstić information content (AvgIpc) is 2.54. The molecule has 0 spiro atoms. The van der Waals surface area contributed by atoms with Crippen LogP contribution in [0.1, 0.15) is 11.1 Å². The molecule has 0 atom stereocenters. The Kier molecular flexibility index (Phi) is 4.25. The molecule has 3 aromatic carbocycles. The van der Waals surface area contributed by atoms with Gasteiger partial charge in [-0.25, -0.2) is 0 Å². The first-order valence-electron chi connectivity index (χ1n) is 7.43. The third-order valence-corrected chi connectivity index (χ3v) is 7.57. The van der Waals surface area contributed by atoms with Crippen molar-refractivity contribution >= 4 is 27.4 Å². The van der Waals surface area contributed by atoms with Crippen LogP contribution in [0.4, 0.5) is 0 Å². The molecule has 0 amide bonds. The Balaban J connectivity index is 2.20. The lowest BCUT2D eigenvalue weighted by Crippen LogP contribution is -2.53. The Morgan fingerprint density at radius 1 is 0.571 bits per heavy atom. The average molecular weight is 286 g/mol. The molecule has 3 rings (SSSR count). The minimum absolute atomic E-state index is 1.38. The summed E-state index contributed by atoms with van der Waals surface area (Å²) in [6, 6.07) is 28.7. The zero-order valence-electron chi connectivity index (χ0n) is 12.6. The highest BCUT2D eigenvalue weighted by atomic mass is 27.2. The molecule has 0 aromatic heterocycles. The number of benzene rings is 3. The van der Waals surface area contributed by atoms with Gasteiger partial charge in [0.05, 0.1) is 0 Å². The molecule has 21 heavy (non-hydrogen) atoms. The van der Waals surface area contributed by atoms with Crippen molar-refractivity contribution in [1.82, 2.24) is 0 Å². The van der Waals surface area contributed by atoms with E-state index in [2.05, 4.69) is 92.7 Å². The second-order valence-corrected chi connectivity index (χ2v) is 8.36. The monoisotopic (exact) mass is 286 g/mol. The van der Waals surface area contributed by atoms with E-state index in [1.165, 1.54) is 24.4 Å². The van der Waals surface area contributed by atoms with Gasteiger partial charge in [0.25, 0.3) is 0 Å². The van der Waals surface area contributed by atoms with Gasteiger partial charge in [0.2, 0.25) is 0 Å². The van der Waals surface area contributed by atoms with Gasteiger partial charge in [-0.2, -0.15) is 0 Å². The molecule has 1 heteroatoms. The van der Waals surface area contributed by atoms with E-state index in [1.807, 2.05) is 0 Å². The summed E-state index contributed by atoms with van der Waals surface area (Å²) in [6.45, 7) is 4.47. The summed E-state index contributed by atoms with van der Waals surface area (Å²) in [5.74, 6) is 0. The molecule has 0 saturated heterocycles. The number of rotatable bonds is 3. The predicted molar refractivity (Wildman–Crippen MR) is 93.5 cm³/mol. The molecule has 0 radical (unpaired) electrons. The van der Waals surface area contributed by atoms with Gasteiger partial charge in [0.1, 0.15) is 0 Å². The van der Waals surface area contributed by atoms with Crippen LogP contribution >= 0.6 is 0 Å². The Hall–Kier alpha value is -1.81. The van der Waals surface area contributed by atoms with Crippen molar-refractivity contribution in [3.05, 3.63) is 90.0 Å². The first-order chi connectivity index (χ1) is 10.3. The quantitative estimate of drug-likeness (QED) is 0.650. The van der Waals surface area contributed by atoms with Crippen LogP contribution < -0.4 is 13.3 Å². The van der Waals surface area contributed by atoms with Crippen LogP contribution in [-0.2, 0) is 0 Å². The van der Waals surface area contributed by atoms with Crippen LogP contribution in [-0.4, -0.2) is 14.1 Å². The SMILES string of the molecule is Cc1ccc[c]([Al]([c]2ccccc2)[c]2ccccc2)c1C. The summed E-state index contributed by atoms with van der Waals surface area (Å²) in [5, 5.41) is 0. The van der Waals surface area contributed by atoms with Gasteiger partial charge in [0.15, 0.2) is 0 Å². The number of aryl methyl sites for hydroxylation is 1. The third kappa shape index (κ3) is 2.95. The van der Waals surface area contributed by atoms with Gasteiger partial charge in [-0.05, 0) is 19.4 Å². The summed E-state index contributed by atoms with van der Waals surface area (Å²) in [6.07, 6.45) is 0. The van der Waals surface area contributed by atoms with Crippen molar-refractivity contribution in [2.45, 2.75) is 13.8 Å². The van der Waals surface area contributed by atoms with Crippen molar-refractivity contribution in [1.29, 1.82) is 0 Å². The van der Waals surface area contributed by atoms with E-state index in [1.54, 1.807) is 0 Å². The summed E-state index contributed by atoms with van der Waals surface area (Å²) < 4.78 is 4.50. The Morgan fingerprint density at radius 3 is 1.62 bits per heavy atom. The molecule has 0 bridgehead atoms. The van der Waals surface area contributed by atoms with Gasteiger partial charge in [-0.15, -0.1) is 0 Å². The molecule has 0 unspecified atom stereocenters. The van der Waals surface area contributed by atoms with Crippen molar-refractivity contribution in [3.8, 4) is 0 Å². The molecule has 0 nitrogen and oxygen atoms in total. The van der Waals surface area contributed by atoms with Crippen LogP contribution in [0, 0.1) is 13.8 Å². The zero-order valence-corrected chi connectivity index (χ0v) is 13.7. The molecular weight excluding hydrogens is 267 g/mol. The molecule has 102 valence electrons. The highest BCUT2D eigenvalue weighted by Gasteiger charge is 2.26. The smallest absolute Gasteiger partial charge is 0.0986 e. The lowest BCUT2D eigenvalue weighted by molar-refractivity contribution is 1.36. The fourth-order valence-electron chi connectivity index (χ4n) is 2.93. The largest absolute Gasteiger partial charge is 0.383 e. The summed E-state index contributed by atoms with van der Waals surface area (Å²) in [4.78, 5) is 0. The van der Waals surface area contributed by atoms with Crippen LogP contribution in [0.3, 0.4) is 0 Å². The molecule has 0 N–H and O–H groups in total. The number of hydrogen-bond acceptors (Lipinski definition) is 0. The Labute approximate surface area is 131 Å². The van der Waals surface area contributed by atoms with E-state index in [0.717, 1.165) is 0 Å². The molecule has 0 aliphatic rings. The van der Waals surface area contributed by atoms with Crippen LogP contribution in [0.5, 0.6) is 0 Å². The topological polar surface area (TPSA) is 0 Å². The van der Waals surface area contributed by atoms with Crippen LogP contribution in [0.15, 0.2) is 78.9 Å². The van der Waals surface area contributed by atoms with Crippen molar-refractivity contribution in [2.75, 3.05) is 0 Å². The molecule has 3 aromatic rings. The summed E-state index contributed by atoms with van der Waals surface area (Å²) in [7, 11) is 0. The highest BCUT2D eigenvalue weighted by Crippen LogP contribution is 2.05. The van der Waals surface area contributed by atoms with Gasteiger partial charge in [-0.3, -0.25) is 0 Å². The fourth-order valence-corrected chi connectivity index (χ4v) is 6.21. The predicted octanol–water partition coefficient (Wildman–Crippen LogP) is 2.82. The zero-order chi connectivity index (χ0) is 14.7. The maximum Gasteiger partial charge on any atom is 0.383 e. The van der Waals surface area contributed by atoms with E-state index in [9.17, 15) is 0 Å². The van der Waals surface area contributed by atoms with Gasteiger partial charge in [-0.1, -0.05) is 97.7 Å². The molecule has 0 aliphatic heterocycles. The Bertz CT molecular complexity index is 678. The molecule has 0 fully saturated rings. The van der Waals surface area contributed by atoms with Gasteiger partial charge < -0.3 is 0 Å². The van der Waals surface area contributed by atoms with E-state index in [4.69, 9.17) is 0 Å². The molecule has 0 saturated carbocycles. The maximum absolute atomic E-state index is 2.32. The Morgan fingerprint density at radius 2 is 1.10 bits per heavy atom. The van der Waals surface area contributed by atoms with E-state index in [0.29, 0.717) is 0 Å². The molecular formula is C20H19Al. The lowest BCUT2D eigenvalue weighted by Gasteiger charge is -2.17. The standard InChI is InChI=1S/C8H9.2C6H5.Al/c1-7-5-3-4-6-8(7)2;2*1-2-4-6-5-3-1;/h3-5H,1-2H3;2*1-5H;. The molecule has 0 heterocycles. The summed E-state index contributed by atoms with van der Waals surface area (Å²) >= 11 is -1.38. The number of hydrogen-bond donors (Lipinski definition) is 0. The first kappa shape index (κ1) is 14.1. The lowest BCUT2D eigenvalue weighted by atomic mass is 10.1. The van der Waals surface area contributed by atoms with E-state index >= 15 is 0 Å². The van der Waals surface area contributed by atoms with E-state index < -0.39 is 14.1 Å². The first-order valence-corrected chi connectivity index (χ1v) is 9.16. The van der Waals surface area contributed by atoms with Crippen molar-refractivity contribution in [3.63, 3.8) is 0 Å². The minimum Gasteiger partial charge on any atom is -0.0986 e. The van der Waals surface area contributed by atoms with E-state index in [-0.39, 0.29) is 0 Å². The van der Waals surface area contributed by atoms with Crippen molar-refractivity contribution < 1.29 is 0 Å². The van der Waals surface area contributed by atoms with Crippen LogP contribution in [0.25, 0.3) is 0 Å². The maximum atomic E-state index is 2.32. The normalized spacial score (nSPS) is 10.4. The van der Waals surface area contributed by atoms with Gasteiger partial charge in [0, 0.05) is 0 Å². The molecule has 0 aliphatic carbocycles. The summed E-state index contributed by atoms with van der Waals surface area (Å²) in [5.41, 5.74) is 2.83. The highest BCUT2D eigenvalue weighted by molar-refractivity contribution is 6.95.